The molecule has 1 heterocycles. The molecule has 12 unspecified atom stereocenters. The monoisotopic (exact) mass is 681 g/mol. The smallest absolute Gasteiger partial charge is 0.338 e. The van der Waals surface area contributed by atoms with Crippen LogP contribution in [0.1, 0.15) is 37.0 Å². The Hall–Kier alpha value is -1.87. The van der Waals surface area contributed by atoms with Crippen LogP contribution in [0.4, 0.5) is 0 Å². The molecule has 7 bridgehead atoms. The zero-order valence-corrected chi connectivity index (χ0v) is 28.5. The van der Waals surface area contributed by atoms with Crippen LogP contribution in [0.25, 0.3) is 0 Å². The van der Waals surface area contributed by atoms with Crippen molar-refractivity contribution in [1.29, 1.82) is 0 Å². The number of likely N-dealkylation sites (tertiary alicyclic amines) is 1. The topological polar surface area (TPSA) is 155 Å². The van der Waals surface area contributed by atoms with E-state index in [1.807, 2.05) is 0 Å². The summed E-state index contributed by atoms with van der Waals surface area (Å²) in [6.45, 7) is 4.91. The summed E-state index contributed by atoms with van der Waals surface area (Å²) in [5.41, 5.74) is -4.68. The number of methoxy groups -OCH3 is 4. The number of fused-ring (bicyclic) bond motifs is 2. The summed E-state index contributed by atoms with van der Waals surface area (Å²) in [5.74, 6) is -3.54. The van der Waals surface area contributed by atoms with Crippen molar-refractivity contribution in [1.82, 2.24) is 0 Å². The number of halogens is 1. The van der Waals surface area contributed by atoms with Crippen LogP contribution < -0.4 is 17.3 Å². The number of piperidine rings is 1. The van der Waals surface area contributed by atoms with Crippen molar-refractivity contribution in [3.63, 3.8) is 0 Å². The molecule has 6 fully saturated rings. The van der Waals surface area contributed by atoms with Crippen molar-refractivity contribution < 1.29 is 70.6 Å². The zero-order valence-electron chi connectivity index (χ0n) is 27.8. The van der Waals surface area contributed by atoms with Crippen molar-refractivity contribution >= 4 is 11.9 Å². The van der Waals surface area contributed by atoms with Crippen LogP contribution in [0.3, 0.4) is 0 Å². The lowest BCUT2D eigenvalue weighted by molar-refractivity contribution is -0.953. The van der Waals surface area contributed by atoms with Gasteiger partial charge in [0.1, 0.15) is 30.0 Å². The minimum absolute atomic E-state index is 0. The first-order valence-electron chi connectivity index (χ1n) is 16.4. The Labute approximate surface area is 281 Å². The molecular weight excluding hydrogens is 634 g/mol. The van der Waals surface area contributed by atoms with Crippen molar-refractivity contribution in [2.24, 2.45) is 34.5 Å². The number of aliphatic hydroxyl groups excluding tert-OH is 2. The second-order valence-corrected chi connectivity index (χ2v) is 14.6. The summed E-state index contributed by atoms with van der Waals surface area (Å²) in [7, 11) is 6.30. The highest BCUT2D eigenvalue weighted by Gasteiger charge is 2.94. The molecule has 5 saturated carbocycles. The lowest BCUT2D eigenvalue weighted by Gasteiger charge is -2.68. The van der Waals surface area contributed by atoms with Crippen LogP contribution in [0.5, 0.6) is 0 Å². The Kier molecular flexibility index (Phi) is 8.84. The lowest BCUT2D eigenvalue weighted by Crippen LogP contribution is -3.22. The molecule has 0 amide bonds. The van der Waals surface area contributed by atoms with E-state index in [9.17, 15) is 24.9 Å². The largest absolute Gasteiger partial charge is 1.00 e. The third kappa shape index (κ3) is 4.05. The Morgan fingerprint density at radius 2 is 1.70 bits per heavy atom. The highest BCUT2D eigenvalue weighted by molar-refractivity contribution is 5.89. The van der Waals surface area contributed by atoms with Gasteiger partial charge in [0.2, 0.25) is 0 Å². The second kappa shape index (κ2) is 11.9. The van der Waals surface area contributed by atoms with Gasteiger partial charge in [-0.25, -0.2) is 4.79 Å². The molecule has 0 radical (unpaired) electrons. The van der Waals surface area contributed by atoms with Gasteiger partial charge < -0.3 is 61.0 Å². The first kappa shape index (κ1) is 35.0. The van der Waals surface area contributed by atoms with Gasteiger partial charge in [0.25, 0.3) is 0 Å². The number of rotatable bonds is 9. The standard InChI is InChI=1S/C34H47NO11.ClH/c1-7-35-15-31(16-41-3)20(37)13-21(42-4)33-19-14-32(40)28(45-30(39)18-11-9-8-10-12-18)22(19)34(46-17(2)36,27(38)29(32)44-6)23(26(33)35)24(43-5)25(31)33;/h8-12,19-29,37-38,40H,7,13-16H2,1-6H3;1H/t19-,20?,21?,22?,23?,24?,25-,26-,27?,28?,29?,31?,32?,33?,34-;/m1./s1. The molecule has 5 aliphatic carbocycles. The van der Waals surface area contributed by atoms with Gasteiger partial charge in [-0.05, 0) is 31.4 Å². The quantitative estimate of drug-likeness (QED) is 0.190. The second-order valence-electron chi connectivity index (χ2n) is 14.6. The highest BCUT2D eigenvalue weighted by Crippen LogP contribution is 2.78. The molecule has 12 nitrogen and oxygen atoms in total. The first-order chi connectivity index (χ1) is 22.0. The van der Waals surface area contributed by atoms with Gasteiger partial charge in [-0.15, -0.1) is 0 Å². The predicted molar refractivity (Wildman–Crippen MR) is 160 cm³/mol. The number of nitrogens with one attached hydrogen (secondary N) is 1. The molecule has 47 heavy (non-hydrogen) atoms. The average Bonchev–Trinajstić information content (AvgIpc) is 3.41. The minimum Gasteiger partial charge on any atom is -1.00 e. The fraction of sp³-hybridized carbons (Fsp3) is 0.765. The van der Waals surface area contributed by atoms with Crippen LogP contribution in [-0.2, 0) is 33.2 Å². The van der Waals surface area contributed by atoms with E-state index in [2.05, 4.69) is 6.92 Å². The van der Waals surface area contributed by atoms with E-state index < -0.39 is 88.3 Å². The number of aliphatic hydroxyl groups is 3. The van der Waals surface area contributed by atoms with Gasteiger partial charge in [0, 0.05) is 53.6 Å². The van der Waals surface area contributed by atoms with Crippen LogP contribution in [0, 0.1) is 34.5 Å². The normalized spacial score (nSPS) is 50.0. The van der Waals surface area contributed by atoms with Gasteiger partial charge in [-0.2, -0.15) is 0 Å². The average molecular weight is 682 g/mol. The summed E-state index contributed by atoms with van der Waals surface area (Å²) in [6, 6.07) is 8.28. The van der Waals surface area contributed by atoms with E-state index in [-0.39, 0.29) is 37.4 Å². The molecule has 4 N–H and O–H groups in total. The number of esters is 2. The van der Waals surface area contributed by atoms with E-state index in [1.165, 1.54) is 14.0 Å². The third-order valence-corrected chi connectivity index (χ3v) is 13.4. The van der Waals surface area contributed by atoms with E-state index in [4.69, 9.17) is 28.4 Å². The van der Waals surface area contributed by atoms with E-state index in [1.54, 1.807) is 51.7 Å². The number of benzene rings is 1. The fourth-order valence-electron chi connectivity index (χ4n) is 12.6. The Balaban J connectivity index is 0.00000386. The molecule has 1 saturated heterocycles. The molecule has 1 aromatic rings. The zero-order chi connectivity index (χ0) is 33.0. The first-order valence-corrected chi connectivity index (χ1v) is 16.4. The maximum atomic E-state index is 13.8. The van der Waals surface area contributed by atoms with E-state index in [0.717, 1.165) is 4.90 Å². The van der Waals surface area contributed by atoms with Gasteiger partial charge in [-0.1, -0.05) is 18.2 Å². The highest BCUT2D eigenvalue weighted by atomic mass is 35.5. The molecule has 7 rings (SSSR count). The van der Waals surface area contributed by atoms with Crippen molar-refractivity contribution in [3.8, 4) is 0 Å². The van der Waals surface area contributed by atoms with Crippen LogP contribution in [0.2, 0.25) is 0 Å². The van der Waals surface area contributed by atoms with Crippen molar-refractivity contribution in [2.75, 3.05) is 48.1 Å². The van der Waals surface area contributed by atoms with E-state index in [0.29, 0.717) is 25.1 Å². The molecule has 6 aliphatic rings. The molecule has 1 aliphatic heterocycles. The number of hydrogen-bond donors (Lipinski definition) is 4. The molecule has 1 aromatic carbocycles. The Bertz CT molecular complexity index is 1370. The maximum absolute atomic E-state index is 13.8. The Morgan fingerprint density at radius 3 is 2.28 bits per heavy atom. The molecule has 1 spiro atoms. The minimum atomic E-state index is -1.82. The van der Waals surface area contributed by atoms with Gasteiger partial charge in [0.15, 0.2) is 5.60 Å². The van der Waals surface area contributed by atoms with Gasteiger partial charge in [-0.3, -0.25) is 4.79 Å². The number of carbonyl (C=O) groups excluding carboxylic acids is 2. The number of carbonyl (C=O) groups is 2. The summed E-state index contributed by atoms with van der Waals surface area (Å²) in [6.07, 6.45) is -5.37. The Morgan fingerprint density at radius 1 is 1.00 bits per heavy atom. The number of ether oxygens (including phenoxy) is 6. The fourth-order valence-corrected chi connectivity index (χ4v) is 12.6. The SMILES string of the molecule is CC[NH+]1CC2(COC)C(O)CC(OC)C34[C@@H]5CC6(O)C(OC)C(O)[C@@](OC(C)=O)(C5C6OC(=O)c5ccccc5)C(C(OC)[C@H]23)[C@@H]14.[Cl-]. The van der Waals surface area contributed by atoms with E-state index >= 15 is 0 Å². The molecule has 262 valence electrons. The molecular formula is C34H48ClNO11. The molecule has 13 heteroatoms. The van der Waals surface area contributed by atoms with Crippen molar-refractivity contribution in [3.05, 3.63) is 35.9 Å². The maximum Gasteiger partial charge on any atom is 0.338 e. The van der Waals surface area contributed by atoms with Crippen LogP contribution >= 0.6 is 0 Å². The summed E-state index contributed by atoms with van der Waals surface area (Å²) >= 11 is 0. The number of quaternary nitrogens is 1. The van der Waals surface area contributed by atoms with Crippen molar-refractivity contribution in [2.45, 2.75) is 80.6 Å². The van der Waals surface area contributed by atoms with Gasteiger partial charge in [0.05, 0.1) is 60.3 Å². The van der Waals surface area contributed by atoms with Crippen LogP contribution in [0.15, 0.2) is 30.3 Å². The summed E-state index contributed by atoms with van der Waals surface area (Å²) in [4.78, 5) is 28.2. The predicted octanol–water partition coefficient (Wildman–Crippen LogP) is -3.76. The third-order valence-electron chi connectivity index (χ3n) is 13.4. The summed E-state index contributed by atoms with van der Waals surface area (Å²) < 4.78 is 37.5. The molecule has 0 aromatic heterocycles. The molecule has 16 atom stereocenters. The lowest BCUT2D eigenvalue weighted by atomic mass is 9.42. The number of hydrogen-bond acceptors (Lipinski definition) is 11. The van der Waals surface area contributed by atoms with Crippen LogP contribution in [-0.4, -0.2) is 129 Å². The summed E-state index contributed by atoms with van der Waals surface area (Å²) in [5, 5.41) is 37.3. The van der Waals surface area contributed by atoms with Gasteiger partial charge >= 0.3 is 11.9 Å².